The van der Waals surface area contributed by atoms with Crippen molar-refractivity contribution < 1.29 is 4.79 Å². The number of carbonyl (C=O) groups is 1. The van der Waals surface area contributed by atoms with Crippen molar-refractivity contribution >= 4 is 5.78 Å². The summed E-state index contributed by atoms with van der Waals surface area (Å²) in [4.78, 5) is 21.6. The zero-order valence-corrected chi connectivity index (χ0v) is 21.5. The third-order valence-corrected chi connectivity index (χ3v) is 6.79. The Labute approximate surface area is 202 Å². The van der Waals surface area contributed by atoms with Gasteiger partial charge in [-0.25, -0.2) is 9.97 Å². The molecule has 0 amide bonds. The molecular weight excluding hydrogens is 404 g/mol. The van der Waals surface area contributed by atoms with Crippen LogP contribution < -0.4 is 0 Å². The van der Waals surface area contributed by atoms with E-state index >= 15 is 0 Å². The lowest BCUT2D eigenvalue weighted by atomic mass is 9.98. The molecule has 2 aromatic rings. The van der Waals surface area contributed by atoms with E-state index in [1.54, 1.807) is 0 Å². The molecule has 0 aliphatic rings. The third-order valence-electron chi connectivity index (χ3n) is 6.79. The van der Waals surface area contributed by atoms with Crippen LogP contribution in [0.15, 0.2) is 36.7 Å². The summed E-state index contributed by atoms with van der Waals surface area (Å²) < 4.78 is 0. The van der Waals surface area contributed by atoms with Gasteiger partial charge in [-0.2, -0.15) is 0 Å². The number of hydrogen-bond donors (Lipinski definition) is 0. The highest BCUT2D eigenvalue weighted by Crippen LogP contribution is 2.19. The lowest BCUT2D eigenvalue weighted by Gasteiger charge is -2.07. The molecule has 0 N–H and O–H groups in total. The fraction of sp³-hybridized carbons (Fsp3) is 0.633. The fourth-order valence-corrected chi connectivity index (χ4v) is 4.20. The first-order valence-corrected chi connectivity index (χ1v) is 13.6. The minimum Gasteiger partial charge on any atom is -0.294 e. The summed E-state index contributed by atoms with van der Waals surface area (Å²) in [6, 6.07) is 7.79. The van der Waals surface area contributed by atoms with Crippen molar-refractivity contribution in [2.24, 2.45) is 5.92 Å². The number of rotatable bonds is 18. The van der Waals surface area contributed by atoms with Crippen LogP contribution in [0, 0.1) is 5.92 Å². The molecule has 1 atom stereocenters. The van der Waals surface area contributed by atoms with Crippen LogP contribution in [0.3, 0.4) is 0 Å². The van der Waals surface area contributed by atoms with Crippen molar-refractivity contribution in [3.05, 3.63) is 47.8 Å². The molecule has 1 aromatic carbocycles. The van der Waals surface area contributed by atoms with E-state index in [4.69, 9.17) is 0 Å². The number of carbonyl (C=O) groups excluding carboxylic acids is 1. The molecule has 2 rings (SSSR count). The van der Waals surface area contributed by atoms with Crippen LogP contribution in [0.2, 0.25) is 0 Å². The maximum Gasteiger partial charge on any atom is 0.162 e. The van der Waals surface area contributed by atoms with Crippen LogP contribution in [-0.4, -0.2) is 15.8 Å². The summed E-state index contributed by atoms with van der Waals surface area (Å²) in [5.41, 5.74) is 2.98. The van der Waals surface area contributed by atoms with Gasteiger partial charge in [-0.05, 0) is 30.7 Å². The lowest BCUT2D eigenvalue weighted by molar-refractivity contribution is 0.0978. The minimum atomic E-state index is 0.239. The normalized spacial score (nSPS) is 12.1. The van der Waals surface area contributed by atoms with E-state index < -0.39 is 0 Å². The number of nitrogens with zero attached hydrogens (tertiary/aromatic N) is 2. The van der Waals surface area contributed by atoms with Gasteiger partial charge in [0.1, 0.15) is 0 Å². The molecule has 182 valence electrons. The standard InChI is InChI=1S/C30H46N2O/c1-4-6-7-8-9-10-11-12-13-17-26-23-31-30(32-24-26)28-21-19-27(20-22-28)29(33)18-15-14-16-25(3)5-2/h19-25H,4-18H2,1-3H3. The molecular formula is C30H46N2O. The molecule has 0 fully saturated rings. The molecule has 0 bridgehead atoms. The third kappa shape index (κ3) is 11.1. The van der Waals surface area contributed by atoms with Gasteiger partial charge in [0.25, 0.3) is 0 Å². The second-order valence-corrected chi connectivity index (χ2v) is 9.75. The highest BCUT2D eigenvalue weighted by molar-refractivity contribution is 5.96. The Morgan fingerprint density at radius 2 is 1.39 bits per heavy atom. The van der Waals surface area contributed by atoms with Crippen LogP contribution >= 0.6 is 0 Å². The van der Waals surface area contributed by atoms with Crippen LogP contribution in [0.5, 0.6) is 0 Å². The van der Waals surface area contributed by atoms with E-state index in [0.717, 1.165) is 42.1 Å². The molecule has 1 unspecified atom stereocenters. The Balaban J connectivity index is 1.68. The Morgan fingerprint density at radius 1 is 0.788 bits per heavy atom. The van der Waals surface area contributed by atoms with Crippen molar-refractivity contribution in [3.8, 4) is 11.4 Å². The van der Waals surface area contributed by atoms with Crippen molar-refractivity contribution in [1.82, 2.24) is 9.97 Å². The van der Waals surface area contributed by atoms with E-state index in [1.165, 1.54) is 76.2 Å². The highest BCUT2D eigenvalue weighted by atomic mass is 16.1. The van der Waals surface area contributed by atoms with Crippen molar-refractivity contribution in [1.29, 1.82) is 0 Å². The average Bonchev–Trinajstić information content (AvgIpc) is 2.85. The number of ketones is 1. The van der Waals surface area contributed by atoms with E-state index in [2.05, 4.69) is 30.7 Å². The van der Waals surface area contributed by atoms with Gasteiger partial charge in [0.05, 0.1) is 0 Å². The molecule has 0 spiro atoms. The van der Waals surface area contributed by atoms with E-state index in [0.29, 0.717) is 6.42 Å². The number of unbranched alkanes of at least 4 members (excludes halogenated alkanes) is 9. The van der Waals surface area contributed by atoms with Gasteiger partial charge in [-0.3, -0.25) is 4.79 Å². The molecule has 3 heteroatoms. The Bertz CT molecular complexity index is 767. The number of aromatic nitrogens is 2. The average molecular weight is 451 g/mol. The highest BCUT2D eigenvalue weighted by Gasteiger charge is 2.08. The van der Waals surface area contributed by atoms with Gasteiger partial charge in [0.15, 0.2) is 11.6 Å². The second-order valence-electron chi connectivity index (χ2n) is 9.75. The van der Waals surface area contributed by atoms with Gasteiger partial charge >= 0.3 is 0 Å². The molecule has 1 aromatic heterocycles. The summed E-state index contributed by atoms with van der Waals surface area (Å²) in [6.07, 6.45) is 22.3. The molecule has 33 heavy (non-hydrogen) atoms. The van der Waals surface area contributed by atoms with E-state index in [1.807, 2.05) is 36.7 Å². The first kappa shape index (κ1) is 27.2. The predicted octanol–water partition coefficient (Wildman–Crippen LogP) is 9.01. The molecule has 0 radical (unpaired) electrons. The number of Topliss-reactive ketones (excluding diaryl/α,β-unsaturated/α-hetero) is 1. The molecule has 0 aliphatic carbocycles. The quantitative estimate of drug-likeness (QED) is 0.168. The SMILES string of the molecule is CCCCCCCCCCCc1cnc(-c2ccc(C(=O)CCCCC(C)CC)cc2)nc1. The Morgan fingerprint density at radius 3 is 2.00 bits per heavy atom. The molecule has 0 saturated heterocycles. The summed E-state index contributed by atoms with van der Waals surface area (Å²) in [5.74, 6) is 1.73. The lowest BCUT2D eigenvalue weighted by Crippen LogP contribution is -2.00. The van der Waals surface area contributed by atoms with Gasteiger partial charge in [-0.15, -0.1) is 0 Å². The predicted molar refractivity (Wildman–Crippen MR) is 141 cm³/mol. The zero-order chi connectivity index (χ0) is 23.7. The van der Waals surface area contributed by atoms with Crippen LogP contribution in [0.1, 0.15) is 127 Å². The van der Waals surface area contributed by atoms with Gasteiger partial charge < -0.3 is 0 Å². The summed E-state index contributed by atoms with van der Waals surface area (Å²) in [5, 5.41) is 0. The monoisotopic (exact) mass is 450 g/mol. The van der Waals surface area contributed by atoms with Gasteiger partial charge in [0.2, 0.25) is 0 Å². The van der Waals surface area contributed by atoms with Crippen LogP contribution in [-0.2, 0) is 6.42 Å². The summed E-state index contributed by atoms with van der Waals surface area (Å²) in [7, 11) is 0. The summed E-state index contributed by atoms with van der Waals surface area (Å²) >= 11 is 0. The fourth-order valence-electron chi connectivity index (χ4n) is 4.20. The number of aryl methyl sites for hydroxylation is 1. The van der Waals surface area contributed by atoms with E-state index in [9.17, 15) is 4.79 Å². The smallest absolute Gasteiger partial charge is 0.162 e. The second kappa shape index (κ2) is 16.6. The zero-order valence-electron chi connectivity index (χ0n) is 21.5. The van der Waals surface area contributed by atoms with Crippen molar-refractivity contribution in [2.75, 3.05) is 0 Å². The Hall–Kier alpha value is -2.03. The van der Waals surface area contributed by atoms with Gasteiger partial charge in [0, 0.05) is 29.9 Å². The van der Waals surface area contributed by atoms with Crippen molar-refractivity contribution in [3.63, 3.8) is 0 Å². The Kier molecular flexibility index (Phi) is 13.7. The molecule has 0 saturated carbocycles. The minimum absolute atomic E-state index is 0.239. The maximum absolute atomic E-state index is 12.4. The van der Waals surface area contributed by atoms with Crippen molar-refractivity contribution in [2.45, 2.75) is 117 Å². The first-order valence-electron chi connectivity index (χ1n) is 13.6. The first-order chi connectivity index (χ1) is 16.1. The molecule has 3 nitrogen and oxygen atoms in total. The largest absolute Gasteiger partial charge is 0.294 e. The number of hydrogen-bond acceptors (Lipinski definition) is 3. The number of benzene rings is 1. The van der Waals surface area contributed by atoms with E-state index in [-0.39, 0.29) is 5.78 Å². The molecule has 1 heterocycles. The van der Waals surface area contributed by atoms with Crippen LogP contribution in [0.4, 0.5) is 0 Å². The summed E-state index contributed by atoms with van der Waals surface area (Å²) in [6.45, 7) is 6.78. The maximum atomic E-state index is 12.4. The van der Waals surface area contributed by atoms with Gasteiger partial charge in [-0.1, -0.05) is 116 Å². The topological polar surface area (TPSA) is 42.9 Å². The molecule has 0 aliphatic heterocycles. The van der Waals surface area contributed by atoms with Crippen LogP contribution in [0.25, 0.3) is 11.4 Å².